The van der Waals surface area contributed by atoms with Crippen LogP contribution in [0.15, 0.2) is 52.9 Å². The first-order chi connectivity index (χ1) is 12.3. The number of ether oxygens (including phenoxy) is 2. The molecule has 2 aromatic carbocycles. The minimum absolute atomic E-state index is 0.720. The lowest BCUT2D eigenvalue weighted by molar-refractivity contribution is 0.394. The van der Waals surface area contributed by atoms with E-state index in [1.807, 2.05) is 42.5 Å². The van der Waals surface area contributed by atoms with Crippen molar-refractivity contribution in [2.24, 2.45) is 0 Å². The van der Waals surface area contributed by atoms with Gasteiger partial charge in [0.15, 0.2) is 0 Å². The van der Waals surface area contributed by atoms with Gasteiger partial charge in [-0.25, -0.2) is 4.42 Å². The molecule has 25 heavy (non-hydrogen) atoms. The molecule has 3 rings (SSSR count). The number of unbranched alkanes of at least 4 members (excludes halogenated alkanes) is 1. The maximum absolute atomic E-state index is 6.15. The van der Waals surface area contributed by atoms with Crippen molar-refractivity contribution in [2.45, 2.75) is 19.8 Å². The highest BCUT2D eigenvalue weighted by Crippen LogP contribution is 2.37. The molecule has 0 spiro atoms. The van der Waals surface area contributed by atoms with Gasteiger partial charge in [0.25, 0.3) is 0 Å². The van der Waals surface area contributed by atoms with Gasteiger partial charge in [-0.2, -0.15) is 0 Å². The number of benzene rings is 2. The summed E-state index contributed by atoms with van der Waals surface area (Å²) >= 11 is 0. The van der Waals surface area contributed by atoms with Crippen LogP contribution in [0, 0.1) is 0 Å². The molecule has 4 heteroatoms. The van der Waals surface area contributed by atoms with Crippen molar-refractivity contribution < 1.29 is 13.9 Å². The normalized spacial score (nSPS) is 10.7. The summed E-state index contributed by atoms with van der Waals surface area (Å²) in [6, 6.07) is 15.8. The van der Waals surface area contributed by atoms with E-state index in [0.717, 1.165) is 58.9 Å². The number of rotatable bonds is 7. The zero-order chi connectivity index (χ0) is 17.6. The first-order valence-electron chi connectivity index (χ1n) is 8.59. The minimum Gasteiger partial charge on any atom is -0.497 e. The summed E-state index contributed by atoms with van der Waals surface area (Å²) in [5.74, 6) is 2.23. The van der Waals surface area contributed by atoms with Crippen LogP contribution in [0.3, 0.4) is 0 Å². The molecule has 4 nitrogen and oxygen atoms in total. The van der Waals surface area contributed by atoms with Gasteiger partial charge in [0, 0.05) is 18.7 Å². The van der Waals surface area contributed by atoms with Crippen LogP contribution in [-0.4, -0.2) is 20.8 Å². The predicted molar refractivity (Wildman–Crippen MR) is 103 cm³/mol. The highest BCUT2D eigenvalue weighted by Gasteiger charge is 2.22. The Labute approximate surface area is 148 Å². The summed E-state index contributed by atoms with van der Waals surface area (Å²) in [7, 11) is 3.30. The third-order valence-electron chi connectivity index (χ3n) is 4.19. The Balaban J connectivity index is 2.10. The molecule has 130 valence electrons. The molecule has 0 radical (unpaired) electrons. The molecule has 0 aliphatic heterocycles. The second-order valence-corrected chi connectivity index (χ2v) is 5.87. The monoisotopic (exact) mass is 338 g/mol. The third-order valence-corrected chi connectivity index (χ3v) is 4.19. The van der Waals surface area contributed by atoms with Crippen LogP contribution in [-0.2, 0) is 0 Å². The second-order valence-electron chi connectivity index (χ2n) is 5.87. The van der Waals surface area contributed by atoms with Crippen LogP contribution in [0.25, 0.3) is 22.3 Å². The Morgan fingerprint density at radius 1 is 1.00 bits per heavy atom. The molecular weight excluding hydrogens is 314 g/mol. The predicted octanol–water partition coefficient (Wildman–Crippen LogP) is 5.61. The van der Waals surface area contributed by atoms with Crippen LogP contribution in [0.4, 0.5) is 5.69 Å². The van der Waals surface area contributed by atoms with Crippen molar-refractivity contribution in [2.75, 3.05) is 26.1 Å². The Kier molecular flexibility index (Phi) is 5.39. The summed E-state index contributed by atoms with van der Waals surface area (Å²) in [5, 5.41) is 4.61. The quantitative estimate of drug-likeness (QED) is 0.449. The molecule has 1 N–H and O–H groups in total. The largest absolute Gasteiger partial charge is 0.497 e. The van der Waals surface area contributed by atoms with E-state index >= 15 is 0 Å². The lowest BCUT2D eigenvalue weighted by atomic mass is 10.1. The van der Waals surface area contributed by atoms with Gasteiger partial charge in [0.1, 0.15) is 22.4 Å². The van der Waals surface area contributed by atoms with Crippen molar-refractivity contribution in [1.82, 2.24) is 0 Å². The van der Waals surface area contributed by atoms with Crippen LogP contribution >= 0.6 is 0 Å². The van der Waals surface area contributed by atoms with E-state index in [4.69, 9.17) is 13.9 Å². The topological polar surface area (TPSA) is 41.8 Å². The van der Waals surface area contributed by atoms with Gasteiger partial charge in [0.2, 0.25) is 0 Å². The van der Waals surface area contributed by atoms with Crippen LogP contribution < -0.4 is 14.8 Å². The average Bonchev–Trinajstić information content (AvgIpc) is 2.67. The van der Waals surface area contributed by atoms with Gasteiger partial charge in [-0.05, 0) is 24.6 Å². The Morgan fingerprint density at radius 2 is 1.84 bits per heavy atom. The van der Waals surface area contributed by atoms with Gasteiger partial charge in [-0.1, -0.05) is 25.5 Å². The summed E-state index contributed by atoms with van der Waals surface area (Å²) in [6.45, 7) is 3.12. The van der Waals surface area contributed by atoms with E-state index in [0.29, 0.717) is 0 Å². The van der Waals surface area contributed by atoms with Gasteiger partial charge in [0.05, 0.1) is 26.0 Å². The number of nitrogens with one attached hydrogen (secondary N) is 1. The van der Waals surface area contributed by atoms with Gasteiger partial charge in [-0.3, -0.25) is 0 Å². The van der Waals surface area contributed by atoms with Gasteiger partial charge >= 0.3 is 11.3 Å². The first-order valence-corrected chi connectivity index (χ1v) is 8.59. The lowest BCUT2D eigenvalue weighted by Gasteiger charge is -2.09. The van der Waals surface area contributed by atoms with Crippen molar-refractivity contribution in [3.05, 3.63) is 48.5 Å². The number of hydrogen-bond acceptors (Lipinski definition) is 3. The second kappa shape index (κ2) is 7.88. The standard InChI is InChI=1S/C21H24NO3/c1-4-5-12-22-18-14-21(25-19-9-7-6-8-16(18)19)17-11-10-15(23-2)13-20(17)24-3/h6-11,13-14,22H,4-5,12H2,1-3H3/q+1. The van der Waals surface area contributed by atoms with Crippen molar-refractivity contribution in [1.29, 1.82) is 0 Å². The van der Waals surface area contributed by atoms with E-state index in [1.54, 1.807) is 14.2 Å². The molecule has 0 saturated heterocycles. The molecule has 0 saturated carbocycles. The maximum Gasteiger partial charge on any atom is 0.366 e. The summed E-state index contributed by atoms with van der Waals surface area (Å²) in [5.41, 5.74) is 2.81. The molecule has 0 bridgehead atoms. The number of anilines is 1. The third kappa shape index (κ3) is 3.68. The SMILES string of the molecule is CCCCNc1cc(-c2ccc(OC)cc2OC)[o+]c2ccccc12. The lowest BCUT2D eigenvalue weighted by Crippen LogP contribution is -2.02. The Bertz CT molecular complexity index is 861. The van der Waals surface area contributed by atoms with Crippen LogP contribution in [0.2, 0.25) is 0 Å². The molecule has 1 heterocycles. The van der Waals surface area contributed by atoms with Crippen LogP contribution in [0.1, 0.15) is 19.8 Å². The zero-order valence-electron chi connectivity index (χ0n) is 15.0. The molecule has 0 fully saturated rings. The molecule has 0 aliphatic rings. The van der Waals surface area contributed by atoms with E-state index in [1.165, 1.54) is 0 Å². The summed E-state index contributed by atoms with van der Waals surface area (Å²) in [6.07, 6.45) is 2.28. The minimum atomic E-state index is 0.720. The highest BCUT2D eigenvalue weighted by molar-refractivity contribution is 5.92. The van der Waals surface area contributed by atoms with E-state index < -0.39 is 0 Å². The molecule has 0 aliphatic carbocycles. The molecule has 1 aromatic heterocycles. The smallest absolute Gasteiger partial charge is 0.366 e. The number of methoxy groups -OCH3 is 2. The molecular formula is C21H24NO3+. The van der Waals surface area contributed by atoms with E-state index in [-0.39, 0.29) is 0 Å². The molecule has 0 amide bonds. The van der Waals surface area contributed by atoms with E-state index in [9.17, 15) is 0 Å². The fourth-order valence-electron chi connectivity index (χ4n) is 2.82. The van der Waals surface area contributed by atoms with Crippen LogP contribution in [0.5, 0.6) is 11.5 Å². The first kappa shape index (κ1) is 17.1. The molecule has 3 aromatic rings. The van der Waals surface area contributed by atoms with Crippen molar-refractivity contribution in [3.63, 3.8) is 0 Å². The van der Waals surface area contributed by atoms with Crippen molar-refractivity contribution in [3.8, 4) is 22.8 Å². The number of fused-ring (bicyclic) bond motifs is 1. The highest BCUT2D eigenvalue weighted by atomic mass is 16.5. The fraction of sp³-hybridized carbons (Fsp3) is 0.286. The molecule has 0 unspecified atom stereocenters. The van der Waals surface area contributed by atoms with E-state index in [2.05, 4.69) is 18.3 Å². The Morgan fingerprint density at radius 3 is 2.60 bits per heavy atom. The molecule has 0 atom stereocenters. The maximum atomic E-state index is 6.15. The van der Waals surface area contributed by atoms with Gasteiger partial charge in [-0.15, -0.1) is 0 Å². The zero-order valence-corrected chi connectivity index (χ0v) is 15.0. The van der Waals surface area contributed by atoms with Crippen molar-refractivity contribution >= 4 is 16.7 Å². The Hall–Kier alpha value is -2.75. The fourth-order valence-corrected chi connectivity index (χ4v) is 2.82. The summed E-state index contributed by atoms with van der Waals surface area (Å²) in [4.78, 5) is 0. The average molecular weight is 338 g/mol. The number of para-hydroxylation sites is 1. The summed E-state index contributed by atoms with van der Waals surface area (Å²) < 4.78 is 17.0. The number of hydrogen-bond donors (Lipinski definition) is 1. The van der Waals surface area contributed by atoms with Gasteiger partial charge < -0.3 is 14.8 Å².